The zero-order chi connectivity index (χ0) is 27.4. The average Bonchev–Trinajstić information content (AvgIpc) is 3.54. The van der Waals surface area contributed by atoms with Crippen LogP contribution in [0.4, 0.5) is 9.18 Å². The Balaban J connectivity index is 1.66. The molecule has 2 aliphatic rings. The Kier molecular flexibility index (Phi) is 5.78. The Labute approximate surface area is 218 Å². The minimum atomic E-state index is -0.825. The number of imide groups is 1. The molecule has 0 fully saturated rings. The zero-order valence-electron chi connectivity index (χ0n) is 21.6. The second kappa shape index (κ2) is 8.76. The highest BCUT2D eigenvalue weighted by Crippen LogP contribution is 2.34. The smallest absolute Gasteiger partial charge is 0.417 e. The predicted molar refractivity (Wildman–Crippen MR) is 134 cm³/mol. The molecule has 0 saturated carbocycles. The van der Waals surface area contributed by atoms with Crippen LogP contribution in [-0.4, -0.2) is 55.3 Å². The van der Waals surface area contributed by atoms with Crippen LogP contribution in [0, 0.1) is 17.1 Å². The number of aromatic nitrogens is 3. The molecule has 0 unspecified atom stereocenters. The van der Waals surface area contributed by atoms with Crippen LogP contribution in [-0.2, 0) is 16.0 Å². The van der Waals surface area contributed by atoms with E-state index in [1.807, 2.05) is 19.9 Å². The molecule has 2 aromatic heterocycles. The van der Waals surface area contributed by atoms with Crippen LogP contribution in [0.1, 0.15) is 61.9 Å². The van der Waals surface area contributed by atoms with Gasteiger partial charge in [-0.3, -0.25) is 4.79 Å². The molecule has 4 heterocycles. The van der Waals surface area contributed by atoms with Crippen LogP contribution < -0.4 is 0 Å². The normalized spacial score (nSPS) is 16.1. The van der Waals surface area contributed by atoms with Crippen molar-refractivity contribution in [2.75, 3.05) is 6.61 Å². The van der Waals surface area contributed by atoms with E-state index in [1.165, 1.54) is 28.9 Å². The molecule has 3 aromatic rings. The molecule has 0 saturated heterocycles. The lowest BCUT2D eigenvalue weighted by atomic mass is 10.0. The molecule has 5 rings (SSSR count). The topological polar surface area (TPSA) is 123 Å². The van der Waals surface area contributed by atoms with Crippen molar-refractivity contribution in [2.24, 2.45) is 4.99 Å². The Morgan fingerprint density at radius 3 is 2.63 bits per heavy atom. The molecule has 194 valence electrons. The highest BCUT2D eigenvalue weighted by Gasteiger charge is 2.39. The van der Waals surface area contributed by atoms with Crippen molar-refractivity contribution in [2.45, 2.75) is 52.3 Å². The summed E-state index contributed by atoms with van der Waals surface area (Å²) in [6.07, 6.45) is 0.788. The minimum Gasteiger partial charge on any atom is -0.474 e. The molecule has 1 aromatic carbocycles. The Bertz CT molecular complexity index is 1560. The molecular formula is C27H25FN6O4. The maximum Gasteiger partial charge on any atom is 0.417 e. The van der Waals surface area contributed by atoms with E-state index in [4.69, 9.17) is 9.47 Å². The summed E-state index contributed by atoms with van der Waals surface area (Å²) in [7, 11) is 0. The zero-order valence-corrected chi connectivity index (χ0v) is 21.6. The lowest BCUT2D eigenvalue weighted by molar-refractivity contribution is 0.0247. The Hall–Kier alpha value is -4.59. The Morgan fingerprint density at radius 1 is 1.21 bits per heavy atom. The lowest BCUT2D eigenvalue weighted by Gasteiger charge is -2.23. The first-order valence-corrected chi connectivity index (χ1v) is 11.9. The van der Waals surface area contributed by atoms with Gasteiger partial charge in [-0.15, -0.1) is 0 Å². The van der Waals surface area contributed by atoms with E-state index in [9.17, 15) is 19.2 Å². The number of carbonyl (C=O) groups is 2. The lowest BCUT2D eigenvalue weighted by Crippen LogP contribution is -2.37. The van der Waals surface area contributed by atoms with Crippen molar-refractivity contribution in [3.05, 3.63) is 64.9 Å². The number of halogens is 1. The number of rotatable bonds is 3. The highest BCUT2D eigenvalue weighted by molar-refractivity contribution is 6.08. The van der Waals surface area contributed by atoms with Gasteiger partial charge >= 0.3 is 6.09 Å². The van der Waals surface area contributed by atoms with Crippen LogP contribution in [0.2, 0.25) is 0 Å². The molecule has 0 radical (unpaired) electrons. The van der Waals surface area contributed by atoms with Crippen LogP contribution in [0.25, 0.3) is 16.9 Å². The molecule has 0 bridgehead atoms. The summed E-state index contributed by atoms with van der Waals surface area (Å²) < 4.78 is 27.5. The van der Waals surface area contributed by atoms with Crippen molar-refractivity contribution < 1.29 is 23.5 Å². The second-order valence-electron chi connectivity index (χ2n) is 10.7. The first kappa shape index (κ1) is 25.1. The van der Waals surface area contributed by atoms with Gasteiger partial charge in [0.05, 0.1) is 51.9 Å². The van der Waals surface area contributed by atoms with Crippen molar-refractivity contribution in [1.82, 2.24) is 19.7 Å². The number of benzene rings is 1. The van der Waals surface area contributed by atoms with Crippen molar-refractivity contribution in [3.63, 3.8) is 0 Å². The Morgan fingerprint density at radius 2 is 1.97 bits per heavy atom. The van der Waals surface area contributed by atoms with E-state index in [2.05, 4.69) is 15.1 Å². The minimum absolute atomic E-state index is 0.0140. The average molecular weight is 517 g/mol. The summed E-state index contributed by atoms with van der Waals surface area (Å²) in [5, 5.41) is 14.2. The summed E-state index contributed by atoms with van der Waals surface area (Å²) in [5.74, 6) is -0.903. The summed E-state index contributed by atoms with van der Waals surface area (Å²) in [5.41, 5.74) is 0.0280. The molecule has 0 N–H and O–H groups in total. The maximum atomic E-state index is 15.0. The van der Waals surface area contributed by atoms with Crippen molar-refractivity contribution in [1.29, 1.82) is 5.26 Å². The van der Waals surface area contributed by atoms with Crippen molar-refractivity contribution in [3.8, 4) is 23.0 Å². The summed E-state index contributed by atoms with van der Waals surface area (Å²) >= 11 is 0. The number of aliphatic imine (C=N–C) groups is 1. The molecule has 0 aliphatic carbocycles. The third kappa shape index (κ3) is 4.49. The van der Waals surface area contributed by atoms with Crippen LogP contribution >= 0.6 is 0 Å². The van der Waals surface area contributed by atoms with Gasteiger partial charge in [-0.2, -0.15) is 10.4 Å². The van der Waals surface area contributed by atoms with E-state index in [1.54, 1.807) is 33.0 Å². The predicted octanol–water partition coefficient (Wildman–Crippen LogP) is 4.39. The van der Waals surface area contributed by atoms with Gasteiger partial charge in [0.15, 0.2) is 0 Å². The van der Waals surface area contributed by atoms with Gasteiger partial charge in [-0.05, 0) is 58.9 Å². The molecule has 0 spiro atoms. The summed E-state index contributed by atoms with van der Waals surface area (Å²) in [6.45, 7) is 9.18. The van der Waals surface area contributed by atoms with Gasteiger partial charge in [-0.25, -0.2) is 28.7 Å². The molecule has 10 nitrogen and oxygen atoms in total. The monoisotopic (exact) mass is 516 g/mol. The first-order valence-electron chi connectivity index (χ1n) is 11.9. The van der Waals surface area contributed by atoms with Crippen LogP contribution in [0.3, 0.4) is 0 Å². The van der Waals surface area contributed by atoms with E-state index in [0.717, 1.165) is 4.90 Å². The van der Waals surface area contributed by atoms with Gasteiger partial charge < -0.3 is 9.47 Å². The van der Waals surface area contributed by atoms with Crippen LogP contribution in [0.5, 0.6) is 0 Å². The SMILES string of the molecule is CC1(C)COC(c2ccn(-c3cc(-c4c(F)cccc4C#N)nc4c3C(=O)N(C(=O)OC(C)(C)C)C4)n2)=N1. The number of hydrogen-bond acceptors (Lipinski definition) is 8. The largest absolute Gasteiger partial charge is 0.474 e. The fraction of sp³-hybridized carbons (Fsp3) is 0.333. The molecule has 0 atom stereocenters. The van der Waals surface area contributed by atoms with Gasteiger partial charge in [0.1, 0.15) is 23.7 Å². The third-order valence-electron chi connectivity index (χ3n) is 5.87. The number of fused-ring (bicyclic) bond motifs is 1. The number of hydrogen-bond donors (Lipinski definition) is 0. The van der Waals surface area contributed by atoms with Gasteiger partial charge in [0.2, 0.25) is 5.90 Å². The van der Waals surface area contributed by atoms with Crippen LogP contribution in [0.15, 0.2) is 41.5 Å². The number of nitriles is 1. The van der Waals surface area contributed by atoms with E-state index >= 15 is 0 Å². The molecule has 38 heavy (non-hydrogen) atoms. The second-order valence-corrected chi connectivity index (χ2v) is 10.7. The van der Waals surface area contributed by atoms with E-state index in [0.29, 0.717) is 18.2 Å². The number of carbonyl (C=O) groups excluding carboxylic acids is 2. The third-order valence-corrected chi connectivity index (χ3v) is 5.87. The van der Waals surface area contributed by atoms with Gasteiger partial charge in [0, 0.05) is 6.20 Å². The van der Waals surface area contributed by atoms with E-state index in [-0.39, 0.29) is 40.3 Å². The molecule has 2 amide bonds. The number of nitrogens with zero attached hydrogens (tertiary/aromatic N) is 6. The molecule has 11 heteroatoms. The van der Waals surface area contributed by atoms with Gasteiger partial charge in [-0.1, -0.05) is 6.07 Å². The van der Waals surface area contributed by atoms with Crippen molar-refractivity contribution >= 4 is 17.9 Å². The number of amides is 2. The number of ether oxygens (including phenoxy) is 2. The quantitative estimate of drug-likeness (QED) is 0.506. The fourth-order valence-corrected chi connectivity index (χ4v) is 4.23. The molecular weight excluding hydrogens is 491 g/mol. The summed E-state index contributed by atoms with van der Waals surface area (Å²) in [4.78, 5) is 36.3. The number of pyridine rings is 1. The standard InChI is InChI=1S/C27H25FN6O4/c1-26(2,3)38-25(36)33-13-19-22(24(33)35)20(11-18(30-19)21-15(12-29)7-6-8-16(21)28)34-10-9-17(32-34)23-31-27(4,5)14-37-23/h6-11H,13-14H2,1-5H3. The fourth-order valence-electron chi connectivity index (χ4n) is 4.23. The first-order chi connectivity index (χ1) is 17.9. The maximum absolute atomic E-state index is 15.0. The summed E-state index contributed by atoms with van der Waals surface area (Å²) in [6, 6.07) is 9.29. The van der Waals surface area contributed by atoms with Gasteiger partial charge in [0.25, 0.3) is 5.91 Å². The van der Waals surface area contributed by atoms with E-state index < -0.39 is 29.0 Å². The molecule has 2 aliphatic heterocycles. The highest BCUT2D eigenvalue weighted by atomic mass is 19.1.